The van der Waals surface area contributed by atoms with Crippen molar-refractivity contribution in [3.8, 4) is 0 Å². The van der Waals surface area contributed by atoms with Gasteiger partial charge in [-0.15, -0.1) is 0 Å². The Balaban J connectivity index is 2.01. The summed E-state index contributed by atoms with van der Waals surface area (Å²) >= 11 is 1.62. The van der Waals surface area contributed by atoms with Gasteiger partial charge in [0.05, 0.1) is 0 Å². The third kappa shape index (κ3) is 4.57. The van der Waals surface area contributed by atoms with Crippen molar-refractivity contribution in [3.63, 3.8) is 0 Å². The number of carbonyl (C=O) groups is 2. The first-order chi connectivity index (χ1) is 10.6. The minimum atomic E-state index is 0.0755. The Kier molecular flexibility index (Phi) is 5.96. The van der Waals surface area contributed by atoms with Crippen LogP contribution in [-0.2, 0) is 0 Å². The van der Waals surface area contributed by atoms with Gasteiger partial charge in [0, 0.05) is 27.3 Å². The lowest BCUT2D eigenvalue weighted by molar-refractivity contribution is 0.0978. The molecular formula is C19H20O2S. The maximum Gasteiger partial charge on any atom is 0.162 e. The van der Waals surface area contributed by atoms with E-state index >= 15 is 0 Å². The maximum atomic E-state index is 11.9. The molecule has 0 saturated heterocycles. The second kappa shape index (κ2) is 7.95. The molecule has 0 amide bonds. The molecule has 0 radical (unpaired) electrons. The van der Waals surface area contributed by atoms with Crippen LogP contribution in [-0.4, -0.2) is 11.6 Å². The Bertz CT molecular complexity index is 642. The molecule has 0 heterocycles. The fraction of sp³-hybridized carbons (Fsp3) is 0.263. The van der Waals surface area contributed by atoms with E-state index in [0.717, 1.165) is 33.8 Å². The molecule has 0 aliphatic carbocycles. The van der Waals surface area contributed by atoms with Crippen molar-refractivity contribution in [1.82, 2.24) is 0 Å². The van der Waals surface area contributed by atoms with E-state index in [0.29, 0.717) is 6.42 Å². The van der Waals surface area contributed by atoms with Gasteiger partial charge in [-0.05, 0) is 37.6 Å². The third-order valence-electron chi connectivity index (χ3n) is 3.43. The fourth-order valence-corrected chi connectivity index (χ4v) is 2.90. The Labute approximate surface area is 135 Å². The van der Waals surface area contributed by atoms with Crippen LogP contribution in [0.3, 0.4) is 0 Å². The smallest absolute Gasteiger partial charge is 0.162 e. The summed E-state index contributed by atoms with van der Waals surface area (Å²) in [6.45, 7) is 3.65. The highest BCUT2D eigenvalue weighted by molar-refractivity contribution is 7.99. The van der Waals surface area contributed by atoms with Crippen LogP contribution in [0.2, 0.25) is 0 Å². The number of carbonyl (C=O) groups excluding carboxylic acids is 2. The quantitative estimate of drug-likeness (QED) is 0.641. The predicted octanol–water partition coefficient (Wildman–Crippen LogP) is 5.41. The van der Waals surface area contributed by atoms with E-state index < -0.39 is 0 Å². The van der Waals surface area contributed by atoms with Gasteiger partial charge in [0.25, 0.3) is 0 Å². The van der Waals surface area contributed by atoms with E-state index in [1.54, 1.807) is 18.7 Å². The first kappa shape index (κ1) is 16.5. The van der Waals surface area contributed by atoms with Crippen molar-refractivity contribution >= 4 is 23.3 Å². The first-order valence-electron chi connectivity index (χ1n) is 7.52. The van der Waals surface area contributed by atoms with E-state index in [2.05, 4.69) is 6.92 Å². The van der Waals surface area contributed by atoms with E-state index in [1.165, 1.54) is 0 Å². The number of hydrogen-bond acceptors (Lipinski definition) is 3. The topological polar surface area (TPSA) is 34.1 Å². The summed E-state index contributed by atoms with van der Waals surface area (Å²) in [4.78, 5) is 25.4. The predicted molar refractivity (Wildman–Crippen MR) is 90.9 cm³/mol. The van der Waals surface area contributed by atoms with Crippen molar-refractivity contribution in [3.05, 3.63) is 59.7 Å². The van der Waals surface area contributed by atoms with Crippen LogP contribution < -0.4 is 0 Å². The molecule has 0 aliphatic rings. The Hall–Kier alpha value is -1.87. The molecule has 0 unspecified atom stereocenters. The Morgan fingerprint density at radius 3 is 1.82 bits per heavy atom. The molecule has 22 heavy (non-hydrogen) atoms. The van der Waals surface area contributed by atoms with Gasteiger partial charge in [-0.25, -0.2) is 0 Å². The van der Waals surface area contributed by atoms with E-state index in [9.17, 15) is 9.59 Å². The van der Waals surface area contributed by atoms with Gasteiger partial charge < -0.3 is 0 Å². The Morgan fingerprint density at radius 1 is 0.864 bits per heavy atom. The Morgan fingerprint density at radius 2 is 1.36 bits per heavy atom. The second-order valence-corrected chi connectivity index (χ2v) is 6.38. The lowest BCUT2D eigenvalue weighted by atomic mass is 10.1. The van der Waals surface area contributed by atoms with Crippen molar-refractivity contribution < 1.29 is 9.59 Å². The van der Waals surface area contributed by atoms with E-state index in [1.807, 2.05) is 48.5 Å². The SMILES string of the molecule is CCCCC(=O)c1ccc(Sc2ccc(C(C)=O)cc2)cc1. The summed E-state index contributed by atoms with van der Waals surface area (Å²) in [6.07, 6.45) is 2.60. The van der Waals surface area contributed by atoms with Gasteiger partial charge in [-0.1, -0.05) is 49.4 Å². The summed E-state index contributed by atoms with van der Waals surface area (Å²) in [5, 5.41) is 0. The molecule has 0 atom stereocenters. The monoisotopic (exact) mass is 312 g/mol. The number of hydrogen-bond donors (Lipinski definition) is 0. The van der Waals surface area contributed by atoms with Gasteiger partial charge in [-0.2, -0.15) is 0 Å². The number of rotatable bonds is 7. The van der Waals surface area contributed by atoms with Crippen LogP contribution in [0.5, 0.6) is 0 Å². The first-order valence-corrected chi connectivity index (χ1v) is 8.34. The van der Waals surface area contributed by atoms with E-state index in [4.69, 9.17) is 0 Å². The molecule has 2 aromatic rings. The molecule has 0 spiro atoms. The molecule has 0 aliphatic heterocycles. The van der Waals surface area contributed by atoms with E-state index in [-0.39, 0.29) is 11.6 Å². The number of Topliss-reactive ketones (excluding diaryl/α,β-unsaturated/α-hetero) is 2. The van der Waals surface area contributed by atoms with Crippen molar-refractivity contribution in [2.75, 3.05) is 0 Å². The van der Waals surface area contributed by atoms with Crippen LogP contribution in [0, 0.1) is 0 Å². The molecular weight excluding hydrogens is 292 g/mol. The maximum absolute atomic E-state index is 11.9. The molecule has 114 valence electrons. The number of benzene rings is 2. The standard InChI is InChI=1S/C19H20O2S/c1-3-4-5-19(21)16-8-12-18(13-9-16)22-17-10-6-15(7-11-17)14(2)20/h6-13H,3-5H2,1-2H3. The molecule has 2 rings (SSSR count). The summed E-state index contributed by atoms with van der Waals surface area (Å²) < 4.78 is 0. The number of unbranched alkanes of at least 4 members (excludes halogenated alkanes) is 1. The summed E-state index contributed by atoms with van der Waals surface area (Å²) in [5.41, 5.74) is 1.51. The van der Waals surface area contributed by atoms with Gasteiger partial charge in [0.15, 0.2) is 11.6 Å². The zero-order chi connectivity index (χ0) is 15.9. The van der Waals surface area contributed by atoms with Crippen molar-refractivity contribution in [2.24, 2.45) is 0 Å². The third-order valence-corrected chi connectivity index (χ3v) is 4.45. The van der Waals surface area contributed by atoms with Crippen molar-refractivity contribution in [1.29, 1.82) is 0 Å². The largest absolute Gasteiger partial charge is 0.295 e. The molecule has 0 N–H and O–H groups in total. The van der Waals surface area contributed by atoms with Gasteiger partial charge in [0.1, 0.15) is 0 Å². The summed E-state index contributed by atoms with van der Waals surface area (Å²) in [7, 11) is 0. The molecule has 0 fully saturated rings. The molecule has 2 nitrogen and oxygen atoms in total. The van der Waals surface area contributed by atoms with Crippen LogP contribution in [0.1, 0.15) is 53.8 Å². The zero-order valence-electron chi connectivity index (χ0n) is 13.0. The zero-order valence-corrected chi connectivity index (χ0v) is 13.8. The highest BCUT2D eigenvalue weighted by Gasteiger charge is 2.06. The summed E-state index contributed by atoms with van der Waals surface area (Å²) in [6, 6.07) is 15.3. The minimum absolute atomic E-state index is 0.0755. The van der Waals surface area contributed by atoms with Crippen molar-refractivity contribution in [2.45, 2.75) is 42.9 Å². The highest BCUT2D eigenvalue weighted by Crippen LogP contribution is 2.28. The summed E-state index contributed by atoms with van der Waals surface area (Å²) in [5.74, 6) is 0.288. The normalized spacial score (nSPS) is 10.5. The van der Waals surface area contributed by atoms with Gasteiger partial charge >= 0.3 is 0 Å². The lowest BCUT2D eigenvalue weighted by Gasteiger charge is -2.04. The molecule has 2 aromatic carbocycles. The average Bonchev–Trinajstić information content (AvgIpc) is 2.54. The highest BCUT2D eigenvalue weighted by atomic mass is 32.2. The molecule has 0 bridgehead atoms. The van der Waals surface area contributed by atoms with Crippen LogP contribution in [0.4, 0.5) is 0 Å². The van der Waals surface area contributed by atoms with Crippen LogP contribution in [0.15, 0.2) is 58.3 Å². The molecule has 0 aromatic heterocycles. The molecule has 0 saturated carbocycles. The minimum Gasteiger partial charge on any atom is -0.295 e. The average molecular weight is 312 g/mol. The number of ketones is 2. The van der Waals surface area contributed by atoms with Crippen LogP contribution in [0.25, 0.3) is 0 Å². The lowest BCUT2D eigenvalue weighted by Crippen LogP contribution is -1.98. The second-order valence-electron chi connectivity index (χ2n) is 5.23. The van der Waals surface area contributed by atoms with Gasteiger partial charge in [-0.3, -0.25) is 9.59 Å². The fourth-order valence-electron chi connectivity index (χ4n) is 2.08. The molecule has 3 heteroatoms. The van der Waals surface area contributed by atoms with Gasteiger partial charge in [0.2, 0.25) is 0 Å². The van der Waals surface area contributed by atoms with Crippen LogP contribution >= 0.6 is 11.8 Å².